The van der Waals surface area contributed by atoms with E-state index in [4.69, 9.17) is 24.7 Å². The van der Waals surface area contributed by atoms with Gasteiger partial charge in [-0.25, -0.2) is 18.4 Å². The largest absolute Gasteiger partial charge is 0.480 e. The number of ether oxygens (including phenoxy) is 3. The van der Waals surface area contributed by atoms with Gasteiger partial charge in [-0.15, -0.1) is 6.42 Å². The summed E-state index contributed by atoms with van der Waals surface area (Å²) in [7, 11) is -4.44. The Balaban J connectivity index is 2.13. The summed E-state index contributed by atoms with van der Waals surface area (Å²) in [5, 5.41) is 0. The highest BCUT2D eigenvalue weighted by Gasteiger charge is 2.39. The lowest BCUT2D eigenvalue weighted by atomic mass is 10.1. The lowest BCUT2D eigenvalue weighted by Gasteiger charge is -2.26. The normalized spacial score (nSPS) is 20.0. The molecule has 0 radical (unpaired) electrons. The van der Waals surface area contributed by atoms with Crippen LogP contribution >= 0.6 is 7.82 Å². The summed E-state index contributed by atoms with van der Waals surface area (Å²) in [4.78, 5) is 47.6. The van der Waals surface area contributed by atoms with Crippen LogP contribution in [0.2, 0.25) is 0 Å². The van der Waals surface area contributed by atoms with E-state index in [0.717, 1.165) is 18.4 Å². The summed E-state index contributed by atoms with van der Waals surface area (Å²) in [6, 6.07) is 0. The molecule has 0 unspecified atom stereocenters. The van der Waals surface area contributed by atoms with Crippen LogP contribution < -0.4 is 11.2 Å². The van der Waals surface area contributed by atoms with Crippen LogP contribution in [-0.4, -0.2) is 47.3 Å². The van der Waals surface area contributed by atoms with E-state index in [1.165, 1.54) is 25.3 Å². The van der Waals surface area contributed by atoms with E-state index in [9.17, 15) is 23.7 Å². The third-order valence-corrected chi connectivity index (χ3v) is 5.20. The first-order chi connectivity index (χ1) is 15.0. The van der Waals surface area contributed by atoms with Crippen LogP contribution in [0.4, 0.5) is 0 Å². The topological polar surface area (TPSA) is 161 Å². The molecule has 0 spiro atoms. The molecule has 13 nitrogen and oxygen atoms in total. The van der Waals surface area contributed by atoms with E-state index < -0.39 is 63.0 Å². The molecule has 0 aliphatic carbocycles. The highest BCUT2D eigenvalue weighted by atomic mass is 31.2. The van der Waals surface area contributed by atoms with Gasteiger partial charge in [0, 0.05) is 25.6 Å². The van der Waals surface area contributed by atoms with Crippen molar-refractivity contribution in [1.29, 1.82) is 0 Å². The molecule has 2 heterocycles. The lowest BCUT2D eigenvalue weighted by molar-refractivity contribution is -0.151. The van der Waals surface area contributed by atoms with Gasteiger partial charge in [-0.3, -0.25) is 28.5 Å². The molecule has 14 heteroatoms. The fourth-order valence-corrected chi connectivity index (χ4v) is 3.23. The highest BCUT2D eigenvalue weighted by molar-refractivity contribution is 7.48. The van der Waals surface area contributed by atoms with Crippen LogP contribution in [-0.2, 0) is 41.9 Å². The van der Waals surface area contributed by atoms with E-state index in [2.05, 4.69) is 20.4 Å². The number of phosphoric acid groups is 1. The Hall–Kier alpha value is -3.01. The number of phosphoric ester groups is 1. The van der Waals surface area contributed by atoms with Gasteiger partial charge in [0.25, 0.3) is 5.56 Å². The van der Waals surface area contributed by atoms with Gasteiger partial charge in [0.05, 0.1) is 0 Å². The van der Waals surface area contributed by atoms with E-state index in [1.807, 2.05) is 0 Å². The van der Waals surface area contributed by atoms with Crippen molar-refractivity contribution in [3.8, 4) is 12.3 Å². The molecular weight excluding hydrogens is 451 g/mol. The SMILES string of the molecule is C#C[C@@]1(COP(=O)(OCOC(C)=O)OCOC(C)=O)C=C[C@H](n2cc(C)c(=O)[nH]c2=O)O1. The van der Waals surface area contributed by atoms with Crippen LogP contribution in [0.3, 0.4) is 0 Å². The molecule has 1 aromatic heterocycles. The van der Waals surface area contributed by atoms with Gasteiger partial charge in [-0.2, -0.15) is 0 Å². The predicted molar refractivity (Wildman–Crippen MR) is 106 cm³/mol. The number of H-pyrrole nitrogens is 1. The number of aromatic amines is 1. The summed E-state index contributed by atoms with van der Waals surface area (Å²) in [5.74, 6) is 0.881. The first-order valence-electron chi connectivity index (χ1n) is 8.96. The van der Waals surface area contributed by atoms with Crippen LogP contribution in [0.5, 0.6) is 0 Å². The van der Waals surface area contributed by atoms with E-state index in [1.54, 1.807) is 0 Å². The molecule has 1 N–H and O–H groups in total. The number of aryl methyl sites for hydroxylation is 1. The fourth-order valence-electron chi connectivity index (χ4n) is 2.30. The first-order valence-corrected chi connectivity index (χ1v) is 10.4. The molecular formula is C18H21N2O11P. The van der Waals surface area contributed by atoms with Crippen LogP contribution in [0.25, 0.3) is 0 Å². The number of rotatable bonds is 10. The molecule has 0 aromatic carbocycles. The monoisotopic (exact) mass is 472 g/mol. The minimum Gasteiger partial charge on any atom is -0.438 e. The van der Waals surface area contributed by atoms with Crippen molar-refractivity contribution in [2.24, 2.45) is 0 Å². The lowest BCUT2D eigenvalue weighted by Crippen LogP contribution is -2.37. The molecule has 2 rings (SSSR count). The molecule has 0 amide bonds. The van der Waals surface area contributed by atoms with Crippen molar-refractivity contribution >= 4 is 19.8 Å². The smallest absolute Gasteiger partial charge is 0.438 e. The Morgan fingerprint density at radius 3 is 2.34 bits per heavy atom. The number of nitrogens with zero attached hydrogens (tertiary/aromatic N) is 1. The Morgan fingerprint density at radius 2 is 1.81 bits per heavy atom. The van der Waals surface area contributed by atoms with Gasteiger partial charge >= 0.3 is 25.5 Å². The maximum atomic E-state index is 12.8. The van der Waals surface area contributed by atoms with Crippen molar-refractivity contribution in [2.45, 2.75) is 32.6 Å². The predicted octanol–water partition coefficient (Wildman–Crippen LogP) is 0.501. The van der Waals surface area contributed by atoms with Crippen molar-refractivity contribution in [1.82, 2.24) is 9.55 Å². The number of aromatic nitrogens is 2. The summed E-state index contributed by atoms with van der Waals surface area (Å²) in [6.07, 6.45) is 8.66. The van der Waals surface area contributed by atoms with E-state index in [-0.39, 0.29) is 5.56 Å². The van der Waals surface area contributed by atoms with Crippen LogP contribution in [0, 0.1) is 19.3 Å². The molecule has 1 aliphatic rings. The molecule has 32 heavy (non-hydrogen) atoms. The standard InChI is InChI=1S/C18H21N2O11P/c1-5-18(7-6-15(31-18)20-8-12(2)16(23)19-17(20)24)9-28-32(25,29-10-26-13(3)21)30-11-27-14(4)22/h1,6-8,15H,9-11H2,2-4H3,(H,19,23,24)/t15-,18+/m1/s1. The number of carbonyl (C=O) groups is 2. The Morgan fingerprint density at radius 1 is 1.22 bits per heavy atom. The Labute approximate surface area is 181 Å². The number of hydrogen-bond acceptors (Lipinski definition) is 11. The van der Waals surface area contributed by atoms with Crippen molar-refractivity contribution in [3.05, 3.63) is 44.8 Å². The van der Waals surface area contributed by atoms with Crippen LogP contribution in [0.15, 0.2) is 27.9 Å². The van der Waals surface area contributed by atoms with E-state index in [0.29, 0.717) is 0 Å². The average molecular weight is 472 g/mol. The molecule has 0 fully saturated rings. The Bertz CT molecular complexity index is 1080. The van der Waals surface area contributed by atoms with Gasteiger partial charge in [0.2, 0.25) is 13.6 Å². The fraction of sp³-hybridized carbons (Fsp3) is 0.444. The number of esters is 2. The highest BCUT2D eigenvalue weighted by Crippen LogP contribution is 2.50. The first kappa shape index (κ1) is 25.3. The molecule has 0 bridgehead atoms. The second-order valence-electron chi connectivity index (χ2n) is 6.37. The summed E-state index contributed by atoms with van der Waals surface area (Å²) < 4.78 is 43.6. The summed E-state index contributed by atoms with van der Waals surface area (Å²) in [5.41, 5.74) is -2.61. The molecule has 2 atom stereocenters. The summed E-state index contributed by atoms with van der Waals surface area (Å²) in [6.45, 7) is 1.56. The minimum absolute atomic E-state index is 0.262. The number of hydrogen-bond donors (Lipinski definition) is 1. The second-order valence-corrected chi connectivity index (χ2v) is 8.04. The third kappa shape index (κ3) is 6.74. The maximum Gasteiger partial charge on any atom is 0.480 e. The van der Waals surface area contributed by atoms with Crippen molar-refractivity contribution in [2.75, 3.05) is 20.2 Å². The molecule has 0 saturated carbocycles. The molecule has 1 aliphatic heterocycles. The maximum absolute atomic E-state index is 12.8. The molecule has 0 saturated heterocycles. The molecule has 1 aromatic rings. The number of terminal acetylenes is 1. The van der Waals surface area contributed by atoms with Crippen molar-refractivity contribution < 1.29 is 41.9 Å². The number of nitrogens with one attached hydrogen (secondary N) is 1. The quantitative estimate of drug-likeness (QED) is 0.166. The number of carbonyl (C=O) groups excluding carboxylic acids is 2. The van der Waals surface area contributed by atoms with Gasteiger partial charge in [-0.1, -0.05) is 5.92 Å². The van der Waals surface area contributed by atoms with Crippen molar-refractivity contribution in [3.63, 3.8) is 0 Å². The second kappa shape index (κ2) is 10.5. The van der Waals surface area contributed by atoms with Gasteiger partial charge < -0.3 is 14.2 Å². The average Bonchev–Trinajstić information content (AvgIpc) is 3.14. The summed E-state index contributed by atoms with van der Waals surface area (Å²) >= 11 is 0. The van der Waals surface area contributed by atoms with Gasteiger partial charge in [0.15, 0.2) is 11.8 Å². The van der Waals surface area contributed by atoms with Gasteiger partial charge in [-0.05, 0) is 19.1 Å². The van der Waals surface area contributed by atoms with Gasteiger partial charge in [0.1, 0.15) is 6.61 Å². The van der Waals surface area contributed by atoms with E-state index >= 15 is 0 Å². The zero-order valence-corrected chi connectivity index (χ0v) is 18.3. The molecule has 174 valence electrons. The van der Waals surface area contributed by atoms with Crippen LogP contribution in [0.1, 0.15) is 25.6 Å². The zero-order chi connectivity index (χ0) is 23.9. The minimum atomic E-state index is -4.44. The Kier molecular flexibility index (Phi) is 8.31. The zero-order valence-electron chi connectivity index (χ0n) is 17.4. The third-order valence-electron chi connectivity index (χ3n) is 3.91.